The number of hydrogen-bond acceptors (Lipinski definition) is 1. The molecule has 104 valence electrons. The predicted octanol–water partition coefficient (Wildman–Crippen LogP) is 5.02. The molecule has 0 aliphatic rings. The molecule has 0 spiro atoms. The van der Waals surface area contributed by atoms with Crippen LogP contribution in [0, 0.1) is 5.92 Å². The molecule has 1 aromatic carbocycles. The van der Waals surface area contributed by atoms with E-state index in [1.165, 1.54) is 18.4 Å². The third-order valence-electron chi connectivity index (χ3n) is 3.70. The Kier molecular flexibility index (Phi) is 5.28. The van der Waals surface area contributed by atoms with Crippen LogP contribution in [-0.4, -0.2) is 15.4 Å². The van der Waals surface area contributed by atoms with Crippen LogP contribution in [-0.2, 0) is 13.0 Å². The molecule has 0 fully saturated rings. The second-order valence-corrected chi connectivity index (χ2v) is 6.19. The van der Waals surface area contributed by atoms with Crippen LogP contribution in [0.1, 0.15) is 32.5 Å². The molecule has 2 nitrogen and oxygen atoms in total. The van der Waals surface area contributed by atoms with Gasteiger partial charge in [-0.3, -0.25) is 0 Å². The van der Waals surface area contributed by atoms with Gasteiger partial charge in [-0.05, 0) is 24.1 Å². The molecule has 0 aliphatic heterocycles. The first-order valence-corrected chi connectivity index (χ1v) is 8.22. The lowest BCUT2D eigenvalue weighted by Gasteiger charge is -2.16. The van der Waals surface area contributed by atoms with Crippen LogP contribution in [0.25, 0.3) is 11.0 Å². The maximum absolute atomic E-state index is 5.91. The molecule has 0 bridgehead atoms. The Balaban J connectivity index is 2.45. The van der Waals surface area contributed by atoms with Gasteiger partial charge in [-0.2, -0.15) is 0 Å². The van der Waals surface area contributed by atoms with Crippen LogP contribution >= 0.6 is 27.5 Å². The average Bonchev–Trinajstić information content (AvgIpc) is 2.73. The highest BCUT2D eigenvalue weighted by molar-refractivity contribution is 9.10. The standard InChI is InChI=1S/C15H20BrClN2/c1-3-11(4-2)10-19-14-6-5-12(16)9-13(14)18-15(19)7-8-17/h5-6,9,11H,3-4,7-8,10H2,1-2H3. The van der Waals surface area contributed by atoms with Gasteiger partial charge in [-0.15, -0.1) is 11.6 Å². The van der Waals surface area contributed by atoms with Crippen molar-refractivity contribution in [2.45, 2.75) is 39.7 Å². The Bertz CT molecular complexity index is 546. The van der Waals surface area contributed by atoms with Crippen molar-refractivity contribution < 1.29 is 0 Å². The Morgan fingerprint density at radius 1 is 1.32 bits per heavy atom. The van der Waals surface area contributed by atoms with Gasteiger partial charge in [0.15, 0.2) is 0 Å². The molecular formula is C15H20BrClN2. The summed E-state index contributed by atoms with van der Waals surface area (Å²) in [7, 11) is 0. The van der Waals surface area contributed by atoms with E-state index in [4.69, 9.17) is 16.6 Å². The molecule has 2 aromatic rings. The molecular weight excluding hydrogens is 324 g/mol. The Labute approximate surface area is 128 Å². The number of hydrogen-bond donors (Lipinski definition) is 0. The molecule has 4 heteroatoms. The van der Waals surface area contributed by atoms with Gasteiger partial charge in [-0.25, -0.2) is 4.98 Å². The van der Waals surface area contributed by atoms with Crippen LogP contribution in [0.15, 0.2) is 22.7 Å². The number of nitrogens with zero attached hydrogens (tertiary/aromatic N) is 2. The van der Waals surface area contributed by atoms with Gasteiger partial charge in [-0.1, -0.05) is 42.6 Å². The molecule has 0 unspecified atom stereocenters. The third-order valence-corrected chi connectivity index (χ3v) is 4.39. The first-order chi connectivity index (χ1) is 9.19. The van der Waals surface area contributed by atoms with E-state index in [9.17, 15) is 0 Å². The minimum atomic E-state index is 0.618. The lowest BCUT2D eigenvalue weighted by Crippen LogP contribution is -2.12. The van der Waals surface area contributed by atoms with Crippen molar-refractivity contribution >= 4 is 38.6 Å². The Hall–Kier alpha value is -0.540. The monoisotopic (exact) mass is 342 g/mol. The SMILES string of the molecule is CCC(CC)Cn1c(CCCl)nc2cc(Br)ccc21. The highest BCUT2D eigenvalue weighted by atomic mass is 79.9. The highest BCUT2D eigenvalue weighted by Gasteiger charge is 2.13. The molecule has 0 aliphatic carbocycles. The van der Waals surface area contributed by atoms with Crippen LogP contribution in [0.4, 0.5) is 0 Å². The van der Waals surface area contributed by atoms with Crippen LogP contribution in [0.3, 0.4) is 0 Å². The number of rotatable bonds is 6. The Morgan fingerprint density at radius 2 is 2.05 bits per heavy atom. The predicted molar refractivity (Wildman–Crippen MR) is 85.9 cm³/mol. The number of aryl methyl sites for hydroxylation is 1. The second kappa shape index (κ2) is 6.76. The zero-order chi connectivity index (χ0) is 13.8. The summed E-state index contributed by atoms with van der Waals surface area (Å²) < 4.78 is 3.42. The van der Waals surface area contributed by atoms with E-state index >= 15 is 0 Å². The molecule has 0 amide bonds. The number of halogens is 2. The fourth-order valence-corrected chi connectivity index (χ4v) is 2.96. The van der Waals surface area contributed by atoms with E-state index in [1.807, 2.05) is 0 Å². The van der Waals surface area contributed by atoms with Gasteiger partial charge in [0.1, 0.15) is 5.82 Å². The fourth-order valence-electron chi connectivity index (χ4n) is 2.44. The molecule has 2 rings (SSSR count). The van der Waals surface area contributed by atoms with E-state index in [-0.39, 0.29) is 0 Å². The first-order valence-electron chi connectivity index (χ1n) is 6.90. The van der Waals surface area contributed by atoms with Gasteiger partial charge < -0.3 is 4.57 Å². The van der Waals surface area contributed by atoms with Crippen molar-refractivity contribution in [3.63, 3.8) is 0 Å². The molecule has 1 aromatic heterocycles. The van der Waals surface area contributed by atoms with Gasteiger partial charge in [0.2, 0.25) is 0 Å². The first kappa shape index (κ1) is 14.9. The maximum Gasteiger partial charge on any atom is 0.111 e. The van der Waals surface area contributed by atoms with Crippen molar-refractivity contribution in [2.24, 2.45) is 5.92 Å². The van der Waals surface area contributed by atoms with Crippen LogP contribution < -0.4 is 0 Å². The summed E-state index contributed by atoms with van der Waals surface area (Å²) in [5, 5.41) is 0. The number of benzene rings is 1. The zero-order valence-electron chi connectivity index (χ0n) is 11.5. The topological polar surface area (TPSA) is 17.8 Å². The van der Waals surface area contributed by atoms with Gasteiger partial charge in [0.05, 0.1) is 11.0 Å². The summed E-state index contributed by atoms with van der Waals surface area (Å²) in [6, 6.07) is 6.31. The molecule has 0 N–H and O–H groups in total. The van der Waals surface area contributed by atoms with E-state index in [2.05, 4.69) is 52.5 Å². The molecule has 0 atom stereocenters. The maximum atomic E-state index is 5.91. The van der Waals surface area contributed by atoms with E-state index in [1.54, 1.807) is 0 Å². The smallest absolute Gasteiger partial charge is 0.111 e. The summed E-state index contributed by atoms with van der Waals surface area (Å²) >= 11 is 9.42. The fraction of sp³-hybridized carbons (Fsp3) is 0.533. The molecule has 0 radical (unpaired) electrons. The summed E-state index contributed by atoms with van der Waals surface area (Å²) in [4.78, 5) is 4.73. The quantitative estimate of drug-likeness (QED) is 0.674. The number of aromatic nitrogens is 2. The molecule has 0 saturated carbocycles. The van der Waals surface area contributed by atoms with Crippen molar-refractivity contribution in [2.75, 3.05) is 5.88 Å². The van der Waals surface area contributed by atoms with Crippen molar-refractivity contribution in [3.8, 4) is 0 Å². The molecule has 19 heavy (non-hydrogen) atoms. The molecule has 1 heterocycles. The second-order valence-electron chi connectivity index (χ2n) is 4.89. The number of imidazole rings is 1. The summed E-state index contributed by atoms with van der Waals surface area (Å²) in [5.41, 5.74) is 2.27. The van der Waals surface area contributed by atoms with E-state index < -0.39 is 0 Å². The summed E-state index contributed by atoms with van der Waals surface area (Å²) in [5.74, 6) is 2.43. The Morgan fingerprint density at radius 3 is 2.68 bits per heavy atom. The van der Waals surface area contributed by atoms with Gasteiger partial charge in [0, 0.05) is 23.3 Å². The van der Waals surface area contributed by atoms with E-state index in [0.29, 0.717) is 11.8 Å². The van der Waals surface area contributed by atoms with Crippen molar-refractivity contribution in [1.29, 1.82) is 0 Å². The average molecular weight is 344 g/mol. The van der Waals surface area contributed by atoms with Crippen molar-refractivity contribution in [1.82, 2.24) is 9.55 Å². The normalized spacial score (nSPS) is 11.6. The highest BCUT2D eigenvalue weighted by Crippen LogP contribution is 2.23. The lowest BCUT2D eigenvalue weighted by molar-refractivity contribution is 0.417. The number of alkyl halides is 1. The van der Waals surface area contributed by atoms with E-state index in [0.717, 1.165) is 28.8 Å². The minimum absolute atomic E-state index is 0.618. The van der Waals surface area contributed by atoms with Crippen LogP contribution in [0.5, 0.6) is 0 Å². The zero-order valence-corrected chi connectivity index (χ0v) is 13.8. The third kappa shape index (κ3) is 3.32. The summed E-state index contributed by atoms with van der Waals surface area (Å²) in [6.45, 7) is 5.55. The lowest BCUT2D eigenvalue weighted by atomic mass is 10.0. The van der Waals surface area contributed by atoms with Crippen molar-refractivity contribution in [3.05, 3.63) is 28.5 Å². The number of fused-ring (bicyclic) bond motifs is 1. The summed E-state index contributed by atoms with van der Waals surface area (Å²) in [6.07, 6.45) is 3.23. The molecule has 0 saturated heterocycles. The van der Waals surface area contributed by atoms with Crippen LogP contribution in [0.2, 0.25) is 0 Å². The van der Waals surface area contributed by atoms with Gasteiger partial charge in [0.25, 0.3) is 0 Å². The van der Waals surface area contributed by atoms with Gasteiger partial charge >= 0.3 is 0 Å². The minimum Gasteiger partial charge on any atom is -0.328 e. The largest absolute Gasteiger partial charge is 0.328 e.